The molecule has 6 heteroatoms. The van der Waals surface area contributed by atoms with Gasteiger partial charge in [-0.3, -0.25) is 14.5 Å². The SMILES string of the molecule is CC[C@H](O)CN1CCN(C(=O)CCNC(C)=O)CC1. The maximum Gasteiger partial charge on any atom is 0.224 e. The quantitative estimate of drug-likeness (QED) is 0.678. The zero-order chi connectivity index (χ0) is 14.3. The highest BCUT2D eigenvalue weighted by Gasteiger charge is 2.21. The van der Waals surface area contributed by atoms with E-state index in [1.165, 1.54) is 6.92 Å². The molecule has 1 aliphatic heterocycles. The Morgan fingerprint density at radius 2 is 1.89 bits per heavy atom. The zero-order valence-corrected chi connectivity index (χ0v) is 11.9. The van der Waals surface area contributed by atoms with Gasteiger partial charge in [-0.2, -0.15) is 0 Å². The van der Waals surface area contributed by atoms with Crippen LogP contribution in [-0.2, 0) is 9.59 Å². The summed E-state index contributed by atoms with van der Waals surface area (Å²) in [4.78, 5) is 26.6. The Morgan fingerprint density at radius 1 is 1.26 bits per heavy atom. The van der Waals surface area contributed by atoms with Crippen LogP contribution in [0, 0.1) is 0 Å². The predicted octanol–water partition coefficient (Wildman–Crippen LogP) is -0.572. The van der Waals surface area contributed by atoms with Crippen molar-refractivity contribution >= 4 is 11.8 Å². The standard InChI is InChI=1S/C13H25N3O3/c1-3-12(18)10-15-6-8-16(9-7-15)13(19)4-5-14-11(2)17/h12,18H,3-10H2,1-2H3,(H,14,17)/t12-/m0/s1. The van der Waals surface area contributed by atoms with Gasteiger partial charge in [-0.25, -0.2) is 0 Å². The lowest BCUT2D eigenvalue weighted by atomic mass is 10.2. The molecule has 0 aromatic rings. The van der Waals surface area contributed by atoms with Crippen molar-refractivity contribution in [1.29, 1.82) is 0 Å². The number of rotatable bonds is 6. The molecule has 1 saturated heterocycles. The van der Waals surface area contributed by atoms with Gasteiger partial charge < -0.3 is 15.3 Å². The molecule has 0 bridgehead atoms. The summed E-state index contributed by atoms with van der Waals surface area (Å²) >= 11 is 0. The number of hydrogen-bond donors (Lipinski definition) is 2. The second-order valence-electron chi connectivity index (χ2n) is 4.98. The summed E-state index contributed by atoms with van der Waals surface area (Å²) in [6, 6.07) is 0. The third-order valence-electron chi connectivity index (χ3n) is 3.38. The van der Waals surface area contributed by atoms with Crippen molar-refractivity contribution in [1.82, 2.24) is 15.1 Å². The summed E-state index contributed by atoms with van der Waals surface area (Å²) in [6.45, 7) is 7.53. The van der Waals surface area contributed by atoms with Gasteiger partial charge in [0.1, 0.15) is 0 Å². The molecule has 2 N–H and O–H groups in total. The fourth-order valence-electron chi connectivity index (χ4n) is 2.11. The Morgan fingerprint density at radius 3 is 2.42 bits per heavy atom. The molecule has 0 aliphatic carbocycles. The van der Waals surface area contributed by atoms with Crippen molar-refractivity contribution in [2.24, 2.45) is 0 Å². The van der Waals surface area contributed by atoms with Crippen LogP contribution in [0.15, 0.2) is 0 Å². The summed E-state index contributed by atoms with van der Waals surface area (Å²) in [5.74, 6) is -0.0180. The number of amides is 2. The van der Waals surface area contributed by atoms with E-state index < -0.39 is 0 Å². The normalized spacial score (nSPS) is 18.2. The van der Waals surface area contributed by atoms with Crippen LogP contribution in [0.2, 0.25) is 0 Å². The number of nitrogens with zero attached hydrogens (tertiary/aromatic N) is 2. The van der Waals surface area contributed by atoms with Crippen molar-refractivity contribution in [2.45, 2.75) is 32.8 Å². The molecule has 1 fully saturated rings. The smallest absolute Gasteiger partial charge is 0.224 e. The van der Waals surface area contributed by atoms with E-state index in [0.717, 1.165) is 19.5 Å². The number of carbonyl (C=O) groups excluding carboxylic acids is 2. The van der Waals surface area contributed by atoms with E-state index in [9.17, 15) is 14.7 Å². The lowest BCUT2D eigenvalue weighted by Gasteiger charge is -2.35. The topological polar surface area (TPSA) is 72.9 Å². The van der Waals surface area contributed by atoms with Gasteiger partial charge in [0.15, 0.2) is 0 Å². The number of nitrogens with one attached hydrogen (secondary N) is 1. The molecule has 0 unspecified atom stereocenters. The molecule has 0 aromatic carbocycles. The molecule has 1 heterocycles. The first-order valence-corrected chi connectivity index (χ1v) is 6.95. The maximum atomic E-state index is 11.9. The largest absolute Gasteiger partial charge is 0.392 e. The van der Waals surface area contributed by atoms with Crippen LogP contribution in [0.5, 0.6) is 0 Å². The molecule has 6 nitrogen and oxygen atoms in total. The minimum Gasteiger partial charge on any atom is -0.392 e. The van der Waals surface area contributed by atoms with Crippen LogP contribution in [-0.4, -0.2) is 72.1 Å². The van der Waals surface area contributed by atoms with E-state index >= 15 is 0 Å². The van der Waals surface area contributed by atoms with E-state index in [-0.39, 0.29) is 17.9 Å². The highest BCUT2D eigenvalue weighted by atomic mass is 16.3. The van der Waals surface area contributed by atoms with Crippen LogP contribution >= 0.6 is 0 Å². The van der Waals surface area contributed by atoms with Crippen molar-refractivity contribution in [3.63, 3.8) is 0 Å². The van der Waals surface area contributed by atoms with Gasteiger partial charge in [0.25, 0.3) is 0 Å². The molecule has 1 rings (SSSR count). The number of piperazine rings is 1. The Labute approximate surface area is 114 Å². The highest BCUT2D eigenvalue weighted by molar-refractivity contribution is 5.78. The lowest BCUT2D eigenvalue weighted by molar-refractivity contribution is -0.133. The summed E-state index contributed by atoms with van der Waals surface area (Å²) in [6.07, 6.45) is 0.842. The first-order valence-electron chi connectivity index (χ1n) is 6.95. The molecule has 1 aliphatic rings. The number of hydrogen-bond acceptors (Lipinski definition) is 4. The van der Waals surface area contributed by atoms with Gasteiger partial charge in [0.2, 0.25) is 11.8 Å². The summed E-state index contributed by atoms with van der Waals surface area (Å²) < 4.78 is 0. The molecule has 110 valence electrons. The van der Waals surface area contributed by atoms with Gasteiger partial charge in [-0.15, -0.1) is 0 Å². The van der Waals surface area contributed by atoms with E-state index in [4.69, 9.17) is 0 Å². The predicted molar refractivity (Wildman–Crippen MR) is 72.6 cm³/mol. The van der Waals surface area contributed by atoms with E-state index in [1.807, 2.05) is 11.8 Å². The Balaban J connectivity index is 2.21. The summed E-state index contributed by atoms with van der Waals surface area (Å²) in [7, 11) is 0. The average molecular weight is 271 g/mol. The van der Waals surface area contributed by atoms with Gasteiger partial charge in [-0.1, -0.05) is 6.92 Å². The van der Waals surface area contributed by atoms with Crippen LogP contribution in [0.1, 0.15) is 26.7 Å². The van der Waals surface area contributed by atoms with Crippen LogP contribution in [0.3, 0.4) is 0 Å². The summed E-state index contributed by atoms with van der Waals surface area (Å²) in [5, 5.41) is 12.2. The van der Waals surface area contributed by atoms with Crippen molar-refractivity contribution in [3.05, 3.63) is 0 Å². The third-order valence-corrected chi connectivity index (χ3v) is 3.38. The average Bonchev–Trinajstić information content (AvgIpc) is 2.38. The second kappa shape index (κ2) is 8.12. The zero-order valence-electron chi connectivity index (χ0n) is 11.9. The van der Waals surface area contributed by atoms with Gasteiger partial charge in [-0.05, 0) is 6.42 Å². The molecular formula is C13H25N3O3. The summed E-state index contributed by atoms with van der Waals surface area (Å²) in [5.41, 5.74) is 0. The molecule has 0 saturated carbocycles. The number of β-amino-alcohol motifs (C(OH)–C–C–N with tert-alkyl or cyclic N) is 1. The molecule has 0 spiro atoms. The van der Waals surface area contributed by atoms with Crippen LogP contribution < -0.4 is 5.32 Å². The maximum absolute atomic E-state index is 11.9. The highest BCUT2D eigenvalue weighted by Crippen LogP contribution is 2.05. The minimum atomic E-state index is -0.276. The molecule has 0 aromatic heterocycles. The molecular weight excluding hydrogens is 246 g/mol. The monoisotopic (exact) mass is 271 g/mol. The second-order valence-corrected chi connectivity index (χ2v) is 4.98. The van der Waals surface area contributed by atoms with Crippen molar-refractivity contribution in [2.75, 3.05) is 39.3 Å². The third kappa shape index (κ3) is 6.02. The van der Waals surface area contributed by atoms with Crippen LogP contribution in [0.25, 0.3) is 0 Å². The molecule has 2 amide bonds. The first kappa shape index (κ1) is 15.9. The number of aliphatic hydroxyl groups excluding tert-OH is 1. The molecule has 0 radical (unpaired) electrons. The number of aliphatic hydroxyl groups is 1. The number of carbonyl (C=O) groups is 2. The van der Waals surface area contributed by atoms with E-state index in [1.54, 1.807) is 0 Å². The Bertz CT molecular complexity index is 302. The Kier molecular flexibility index (Phi) is 6.80. The minimum absolute atomic E-state index is 0.0874. The molecule has 1 atom stereocenters. The lowest BCUT2D eigenvalue weighted by Crippen LogP contribution is -2.50. The van der Waals surface area contributed by atoms with Gasteiger partial charge in [0.05, 0.1) is 6.10 Å². The first-order chi connectivity index (χ1) is 9.02. The van der Waals surface area contributed by atoms with Crippen molar-refractivity contribution in [3.8, 4) is 0 Å². The van der Waals surface area contributed by atoms with Gasteiger partial charge >= 0.3 is 0 Å². The van der Waals surface area contributed by atoms with Crippen LogP contribution in [0.4, 0.5) is 0 Å². The Hall–Kier alpha value is -1.14. The van der Waals surface area contributed by atoms with E-state index in [2.05, 4.69) is 10.2 Å². The van der Waals surface area contributed by atoms with Gasteiger partial charge in [0, 0.05) is 52.6 Å². The fraction of sp³-hybridized carbons (Fsp3) is 0.846. The van der Waals surface area contributed by atoms with Crippen molar-refractivity contribution < 1.29 is 14.7 Å². The molecule has 19 heavy (non-hydrogen) atoms. The fourth-order valence-corrected chi connectivity index (χ4v) is 2.11. The van der Waals surface area contributed by atoms with E-state index in [0.29, 0.717) is 32.6 Å².